The number of nitrogens with one attached hydrogen (secondary N) is 1. The summed E-state index contributed by atoms with van der Waals surface area (Å²) in [4.78, 5) is 0. The van der Waals surface area contributed by atoms with E-state index < -0.39 is 0 Å². The average Bonchev–Trinajstić information content (AvgIpc) is 3.07. The van der Waals surface area contributed by atoms with Crippen molar-refractivity contribution in [1.82, 2.24) is 5.32 Å². The summed E-state index contributed by atoms with van der Waals surface area (Å²) in [6.45, 7) is 5.16. The van der Waals surface area contributed by atoms with E-state index in [-0.39, 0.29) is 6.04 Å². The smallest absolute Gasteiger partial charge is 0.125 e. The molecule has 3 heteroatoms. The second kappa shape index (κ2) is 5.81. The second-order valence-electron chi connectivity index (χ2n) is 5.02. The van der Waals surface area contributed by atoms with E-state index in [9.17, 15) is 0 Å². The zero-order valence-electron chi connectivity index (χ0n) is 11.8. The summed E-state index contributed by atoms with van der Waals surface area (Å²) >= 11 is 1.80. The first-order chi connectivity index (χ1) is 9.79. The fourth-order valence-electron chi connectivity index (χ4n) is 2.48. The monoisotopic (exact) mass is 285 g/mol. The van der Waals surface area contributed by atoms with Gasteiger partial charge in [-0.25, -0.2) is 0 Å². The molecule has 3 rings (SSSR count). The Morgan fingerprint density at radius 1 is 1.20 bits per heavy atom. The van der Waals surface area contributed by atoms with Gasteiger partial charge in [0.25, 0.3) is 0 Å². The SMILES string of the molecule is CCCNC(c1ccc(C)o1)c1csc2ccccc12. The molecule has 3 aromatic rings. The number of aryl methyl sites for hydroxylation is 1. The summed E-state index contributed by atoms with van der Waals surface area (Å²) in [5.41, 5.74) is 1.31. The Balaban J connectivity index is 2.04. The lowest BCUT2D eigenvalue weighted by Gasteiger charge is -2.16. The van der Waals surface area contributed by atoms with Crippen LogP contribution in [-0.2, 0) is 0 Å². The van der Waals surface area contributed by atoms with Crippen LogP contribution in [0.15, 0.2) is 46.2 Å². The molecule has 0 aliphatic heterocycles. The van der Waals surface area contributed by atoms with Crippen molar-refractivity contribution in [3.63, 3.8) is 0 Å². The van der Waals surface area contributed by atoms with E-state index in [1.165, 1.54) is 15.6 Å². The molecular weight excluding hydrogens is 266 g/mol. The van der Waals surface area contributed by atoms with Crippen molar-refractivity contribution in [1.29, 1.82) is 0 Å². The maximum Gasteiger partial charge on any atom is 0.125 e. The third-order valence-corrected chi connectivity index (χ3v) is 4.45. The van der Waals surface area contributed by atoms with Crippen LogP contribution in [0.4, 0.5) is 0 Å². The molecular formula is C17H19NOS. The van der Waals surface area contributed by atoms with Gasteiger partial charge in [0.15, 0.2) is 0 Å². The van der Waals surface area contributed by atoms with Crippen molar-refractivity contribution in [3.05, 3.63) is 58.9 Å². The van der Waals surface area contributed by atoms with E-state index in [2.05, 4.69) is 48.0 Å². The van der Waals surface area contributed by atoms with Crippen LogP contribution >= 0.6 is 11.3 Å². The molecule has 1 unspecified atom stereocenters. The summed E-state index contributed by atoms with van der Waals surface area (Å²) in [5, 5.41) is 7.17. The van der Waals surface area contributed by atoms with Gasteiger partial charge < -0.3 is 9.73 Å². The van der Waals surface area contributed by atoms with Crippen molar-refractivity contribution in [2.75, 3.05) is 6.54 Å². The van der Waals surface area contributed by atoms with Crippen LogP contribution in [0, 0.1) is 6.92 Å². The van der Waals surface area contributed by atoms with Crippen LogP contribution in [0.25, 0.3) is 10.1 Å². The fourth-order valence-corrected chi connectivity index (χ4v) is 3.47. The van der Waals surface area contributed by atoms with Gasteiger partial charge in [-0.15, -0.1) is 11.3 Å². The number of hydrogen-bond donors (Lipinski definition) is 1. The number of thiophene rings is 1. The molecule has 2 aromatic heterocycles. The highest BCUT2D eigenvalue weighted by atomic mass is 32.1. The lowest BCUT2D eigenvalue weighted by atomic mass is 10.0. The molecule has 0 saturated heterocycles. The molecule has 0 aliphatic rings. The number of hydrogen-bond acceptors (Lipinski definition) is 3. The number of benzene rings is 1. The van der Waals surface area contributed by atoms with Gasteiger partial charge >= 0.3 is 0 Å². The van der Waals surface area contributed by atoms with Crippen molar-refractivity contribution in [3.8, 4) is 0 Å². The van der Waals surface area contributed by atoms with Gasteiger partial charge in [0, 0.05) is 4.70 Å². The number of rotatable bonds is 5. The second-order valence-corrected chi connectivity index (χ2v) is 5.93. The van der Waals surface area contributed by atoms with E-state index in [0.717, 1.165) is 24.5 Å². The van der Waals surface area contributed by atoms with Crippen LogP contribution in [0.5, 0.6) is 0 Å². The van der Waals surface area contributed by atoms with Crippen molar-refractivity contribution in [2.24, 2.45) is 0 Å². The minimum atomic E-state index is 0.139. The zero-order chi connectivity index (χ0) is 13.9. The lowest BCUT2D eigenvalue weighted by molar-refractivity contribution is 0.432. The third kappa shape index (κ3) is 2.51. The Kier molecular flexibility index (Phi) is 3.90. The van der Waals surface area contributed by atoms with E-state index >= 15 is 0 Å². The Morgan fingerprint density at radius 2 is 2.05 bits per heavy atom. The first-order valence-corrected chi connectivity index (χ1v) is 7.93. The molecule has 0 aliphatic carbocycles. The molecule has 0 amide bonds. The minimum Gasteiger partial charge on any atom is -0.464 e. The van der Waals surface area contributed by atoms with Crippen molar-refractivity contribution in [2.45, 2.75) is 26.3 Å². The van der Waals surface area contributed by atoms with Gasteiger partial charge in [0.2, 0.25) is 0 Å². The van der Waals surface area contributed by atoms with Crippen LogP contribution < -0.4 is 5.32 Å². The molecule has 0 radical (unpaired) electrons. The highest BCUT2D eigenvalue weighted by Crippen LogP contribution is 2.34. The average molecular weight is 285 g/mol. The largest absolute Gasteiger partial charge is 0.464 e. The molecule has 0 spiro atoms. The highest BCUT2D eigenvalue weighted by Gasteiger charge is 2.20. The summed E-state index contributed by atoms with van der Waals surface area (Å²) in [6.07, 6.45) is 1.11. The van der Waals surface area contributed by atoms with Crippen molar-refractivity contribution >= 4 is 21.4 Å². The Hall–Kier alpha value is -1.58. The molecule has 0 bridgehead atoms. The van der Waals surface area contributed by atoms with Crippen LogP contribution in [0.2, 0.25) is 0 Å². The number of furan rings is 1. The molecule has 1 N–H and O–H groups in total. The molecule has 2 heterocycles. The van der Waals surface area contributed by atoms with Gasteiger partial charge in [-0.1, -0.05) is 25.1 Å². The Bertz CT molecular complexity index is 698. The van der Waals surface area contributed by atoms with Crippen LogP contribution in [0.3, 0.4) is 0 Å². The van der Waals surface area contributed by atoms with E-state index in [4.69, 9.17) is 4.42 Å². The van der Waals surface area contributed by atoms with Gasteiger partial charge in [-0.3, -0.25) is 0 Å². The molecule has 104 valence electrons. The minimum absolute atomic E-state index is 0.139. The molecule has 1 atom stereocenters. The molecule has 20 heavy (non-hydrogen) atoms. The summed E-state index contributed by atoms with van der Waals surface area (Å²) in [5.74, 6) is 1.96. The summed E-state index contributed by atoms with van der Waals surface area (Å²) in [6, 6.07) is 12.8. The quantitative estimate of drug-likeness (QED) is 0.722. The summed E-state index contributed by atoms with van der Waals surface area (Å²) in [7, 11) is 0. The van der Waals surface area contributed by atoms with E-state index in [0.29, 0.717) is 0 Å². The first-order valence-electron chi connectivity index (χ1n) is 7.05. The van der Waals surface area contributed by atoms with E-state index in [1.807, 2.05) is 13.0 Å². The highest BCUT2D eigenvalue weighted by molar-refractivity contribution is 7.17. The lowest BCUT2D eigenvalue weighted by Crippen LogP contribution is -2.22. The fraction of sp³-hybridized carbons (Fsp3) is 0.294. The topological polar surface area (TPSA) is 25.2 Å². The maximum atomic E-state index is 5.86. The summed E-state index contributed by atoms with van der Waals surface area (Å²) < 4.78 is 7.19. The van der Waals surface area contributed by atoms with Gasteiger partial charge in [-0.05, 0) is 54.4 Å². The molecule has 0 fully saturated rings. The zero-order valence-corrected chi connectivity index (χ0v) is 12.7. The number of fused-ring (bicyclic) bond motifs is 1. The van der Waals surface area contributed by atoms with Crippen LogP contribution in [0.1, 0.15) is 36.5 Å². The Morgan fingerprint density at radius 3 is 2.80 bits per heavy atom. The van der Waals surface area contributed by atoms with Crippen LogP contribution in [-0.4, -0.2) is 6.54 Å². The molecule has 1 aromatic carbocycles. The predicted octanol–water partition coefficient (Wildman–Crippen LogP) is 4.89. The predicted molar refractivity (Wildman–Crippen MR) is 85.4 cm³/mol. The first kappa shape index (κ1) is 13.4. The third-order valence-electron chi connectivity index (χ3n) is 3.47. The van der Waals surface area contributed by atoms with Gasteiger partial charge in [0.05, 0.1) is 6.04 Å². The van der Waals surface area contributed by atoms with E-state index in [1.54, 1.807) is 11.3 Å². The van der Waals surface area contributed by atoms with Gasteiger partial charge in [-0.2, -0.15) is 0 Å². The standard InChI is InChI=1S/C17H19NOS/c1-3-10-18-17(15-9-8-12(2)19-15)14-11-20-16-7-5-4-6-13(14)16/h4-9,11,17-18H,3,10H2,1-2H3. The Labute approximate surface area is 123 Å². The normalized spacial score (nSPS) is 12.9. The maximum absolute atomic E-state index is 5.86. The van der Waals surface area contributed by atoms with Gasteiger partial charge in [0.1, 0.15) is 11.5 Å². The molecule has 2 nitrogen and oxygen atoms in total. The molecule has 0 saturated carbocycles. The van der Waals surface area contributed by atoms with Crippen molar-refractivity contribution < 1.29 is 4.42 Å².